The van der Waals surface area contributed by atoms with Crippen LogP contribution in [-0.4, -0.2) is 43.6 Å². The first-order valence-electron chi connectivity index (χ1n) is 9.07. The number of rotatable bonds is 5. The largest absolute Gasteiger partial charge is 0.385 e. The summed E-state index contributed by atoms with van der Waals surface area (Å²) in [6, 6.07) is 0. The van der Waals surface area contributed by atoms with Gasteiger partial charge in [-0.1, -0.05) is 20.8 Å². The Morgan fingerprint density at radius 2 is 1.90 bits per heavy atom. The molecule has 0 aromatic rings. The minimum atomic E-state index is -0.288. The summed E-state index contributed by atoms with van der Waals surface area (Å²) >= 11 is 0. The number of quaternary nitrogens is 1. The second-order valence-corrected chi connectivity index (χ2v) is 8.60. The molecule has 1 heterocycles. The number of aliphatic hydroxyl groups excluding tert-OH is 1. The van der Waals surface area contributed by atoms with Gasteiger partial charge in [0.25, 0.3) is 0 Å². The summed E-state index contributed by atoms with van der Waals surface area (Å²) in [6.07, 6.45) is 7.94. The highest BCUT2D eigenvalue weighted by Crippen LogP contribution is 2.66. The number of fused-ring (bicyclic) bond motifs is 2. The predicted octanol–water partition coefficient (Wildman–Crippen LogP) is 1.65. The molecule has 0 spiro atoms. The third-order valence-corrected chi connectivity index (χ3v) is 7.29. The summed E-state index contributed by atoms with van der Waals surface area (Å²) in [5.41, 5.74) is 0.718. The van der Waals surface area contributed by atoms with Crippen LogP contribution in [0.2, 0.25) is 0 Å². The van der Waals surface area contributed by atoms with E-state index in [1.807, 2.05) is 0 Å². The van der Waals surface area contributed by atoms with Gasteiger partial charge in [-0.25, -0.2) is 0 Å². The fourth-order valence-electron chi connectivity index (χ4n) is 5.26. The summed E-state index contributed by atoms with van der Waals surface area (Å²) in [7, 11) is 0. The predicted molar refractivity (Wildman–Crippen MR) is 84.4 cm³/mol. The van der Waals surface area contributed by atoms with Crippen LogP contribution < -0.4 is 4.90 Å². The molecule has 122 valence electrons. The van der Waals surface area contributed by atoms with Gasteiger partial charge >= 0.3 is 0 Å². The van der Waals surface area contributed by atoms with Crippen LogP contribution in [0.4, 0.5) is 0 Å². The molecule has 0 aromatic heterocycles. The highest BCUT2D eigenvalue weighted by Gasteiger charge is 2.61. The van der Waals surface area contributed by atoms with Gasteiger partial charge in [-0.15, -0.1) is 0 Å². The van der Waals surface area contributed by atoms with Crippen molar-refractivity contribution in [2.24, 2.45) is 16.7 Å². The lowest BCUT2D eigenvalue weighted by Gasteiger charge is -2.39. The molecule has 3 rings (SSSR count). The minimum Gasteiger partial charge on any atom is -0.385 e. The molecular weight excluding hydrogens is 262 g/mol. The normalized spacial score (nSPS) is 40.6. The fraction of sp³-hybridized carbons (Fsp3) is 1.00. The number of piperidine rings is 1. The SMILES string of the molecule is CC1(C)[C@H]2CC[C@]1(C)[C@@H](OC[C@H](O)C[NH+]1CCCCC1)C2. The van der Waals surface area contributed by atoms with Crippen molar-refractivity contribution in [3.8, 4) is 0 Å². The molecule has 1 saturated heterocycles. The summed E-state index contributed by atoms with van der Waals surface area (Å²) < 4.78 is 6.22. The van der Waals surface area contributed by atoms with Crippen molar-refractivity contribution in [2.75, 3.05) is 26.2 Å². The summed E-state index contributed by atoms with van der Waals surface area (Å²) in [4.78, 5) is 1.57. The Kier molecular flexibility index (Phi) is 4.37. The Hall–Kier alpha value is -0.120. The van der Waals surface area contributed by atoms with Gasteiger partial charge in [0, 0.05) is 0 Å². The molecule has 4 atom stereocenters. The monoisotopic (exact) mass is 296 g/mol. The van der Waals surface area contributed by atoms with Gasteiger partial charge in [-0.3, -0.25) is 0 Å². The van der Waals surface area contributed by atoms with E-state index in [9.17, 15) is 5.11 Å². The molecule has 2 aliphatic carbocycles. The highest BCUT2D eigenvalue weighted by molar-refractivity contribution is 5.11. The van der Waals surface area contributed by atoms with Crippen LogP contribution in [0.15, 0.2) is 0 Å². The van der Waals surface area contributed by atoms with Crippen LogP contribution in [0.3, 0.4) is 0 Å². The Morgan fingerprint density at radius 1 is 1.19 bits per heavy atom. The van der Waals surface area contributed by atoms with Gasteiger partial charge in [0.2, 0.25) is 0 Å². The quantitative estimate of drug-likeness (QED) is 0.809. The van der Waals surface area contributed by atoms with Crippen molar-refractivity contribution in [3.05, 3.63) is 0 Å². The maximum atomic E-state index is 10.3. The molecule has 3 nitrogen and oxygen atoms in total. The van der Waals surface area contributed by atoms with Crippen LogP contribution in [0, 0.1) is 16.7 Å². The zero-order chi connectivity index (χ0) is 15.1. The molecule has 3 aliphatic rings. The molecule has 0 unspecified atom stereocenters. The zero-order valence-electron chi connectivity index (χ0n) is 14.2. The Labute approximate surface area is 130 Å². The molecule has 0 radical (unpaired) electrons. The molecular formula is C18H34NO2+. The first-order valence-corrected chi connectivity index (χ1v) is 9.07. The van der Waals surface area contributed by atoms with E-state index < -0.39 is 0 Å². The average molecular weight is 296 g/mol. The number of nitrogens with one attached hydrogen (secondary N) is 1. The van der Waals surface area contributed by atoms with E-state index in [4.69, 9.17) is 4.74 Å². The molecule has 21 heavy (non-hydrogen) atoms. The lowest BCUT2D eigenvalue weighted by atomic mass is 9.70. The molecule has 3 fully saturated rings. The third-order valence-electron chi connectivity index (χ3n) is 7.29. The van der Waals surface area contributed by atoms with Gasteiger partial charge in [0.15, 0.2) is 0 Å². The fourth-order valence-corrected chi connectivity index (χ4v) is 5.26. The molecule has 2 N–H and O–H groups in total. The highest BCUT2D eigenvalue weighted by atomic mass is 16.5. The number of hydrogen-bond acceptors (Lipinski definition) is 2. The first-order chi connectivity index (χ1) is 9.93. The van der Waals surface area contributed by atoms with Crippen molar-refractivity contribution < 1.29 is 14.7 Å². The van der Waals surface area contributed by atoms with E-state index in [0.29, 0.717) is 23.5 Å². The Bertz CT molecular complexity index is 364. The van der Waals surface area contributed by atoms with E-state index in [-0.39, 0.29) is 6.10 Å². The number of likely N-dealkylation sites (tertiary alicyclic amines) is 1. The summed E-state index contributed by atoms with van der Waals surface area (Å²) in [6.45, 7) is 11.1. The van der Waals surface area contributed by atoms with E-state index in [1.54, 1.807) is 4.90 Å². The first kappa shape index (κ1) is 15.8. The van der Waals surface area contributed by atoms with Crippen LogP contribution in [0.5, 0.6) is 0 Å². The van der Waals surface area contributed by atoms with Crippen molar-refractivity contribution >= 4 is 0 Å². The van der Waals surface area contributed by atoms with Gasteiger partial charge in [0.1, 0.15) is 12.6 Å². The van der Waals surface area contributed by atoms with Crippen molar-refractivity contribution in [3.63, 3.8) is 0 Å². The van der Waals surface area contributed by atoms with Crippen molar-refractivity contribution in [2.45, 2.75) is 71.5 Å². The maximum absolute atomic E-state index is 10.3. The zero-order valence-corrected chi connectivity index (χ0v) is 14.2. The smallest absolute Gasteiger partial charge is 0.126 e. The second kappa shape index (κ2) is 5.82. The van der Waals surface area contributed by atoms with E-state index in [1.165, 1.54) is 51.6 Å². The molecule has 0 amide bonds. The van der Waals surface area contributed by atoms with Crippen LogP contribution in [-0.2, 0) is 4.74 Å². The minimum absolute atomic E-state index is 0.288. The van der Waals surface area contributed by atoms with E-state index in [2.05, 4.69) is 20.8 Å². The van der Waals surface area contributed by atoms with Crippen molar-refractivity contribution in [1.29, 1.82) is 0 Å². The number of hydrogen-bond donors (Lipinski definition) is 2. The van der Waals surface area contributed by atoms with Gasteiger partial charge in [-0.2, -0.15) is 0 Å². The van der Waals surface area contributed by atoms with Gasteiger partial charge in [0.05, 0.1) is 25.8 Å². The second-order valence-electron chi connectivity index (χ2n) is 8.60. The van der Waals surface area contributed by atoms with Crippen LogP contribution in [0.1, 0.15) is 59.3 Å². The summed E-state index contributed by atoms with van der Waals surface area (Å²) in [5, 5.41) is 10.3. The topological polar surface area (TPSA) is 33.9 Å². The molecule has 1 aliphatic heterocycles. The van der Waals surface area contributed by atoms with E-state index in [0.717, 1.165) is 12.5 Å². The van der Waals surface area contributed by atoms with Crippen LogP contribution in [0.25, 0.3) is 0 Å². The standard InChI is InChI=1S/C18H33NO2/c1-17(2)14-7-8-18(17,3)16(11-14)21-13-15(20)12-19-9-5-4-6-10-19/h14-16,20H,4-13H2,1-3H3/p+1/t14-,15+,16-,18+/m0/s1. The Morgan fingerprint density at radius 3 is 2.48 bits per heavy atom. The summed E-state index contributed by atoms with van der Waals surface area (Å²) in [5.74, 6) is 0.817. The van der Waals surface area contributed by atoms with Crippen molar-refractivity contribution in [1.82, 2.24) is 0 Å². The third kappa shape index (κ3) is 2.77. The van der Waals surface area contributed by atoms with Gasteiger partial charge in [-0.05, 0) is 55.3 Å². The maximum Gasteiger partial charge on any atom is 0.126 e. The average Bonchev–Trinajstić information content (AvgIpc) is 2.79. The molecule has 2 bridgehead atoms. The molecule has 0 aromatic carbocycles. The Balaban J connectivity index is 1.47. The molecule has 3 heteroatoms. The van der Waals surface area contributed by atoms with Gasteiger partial charge < -0.3 is 14.7 Å². The lowest BCUT2D eigenvalue weighted by Crippen LogP contribution is -3.14. The lowest BCUT2D eigenvalue weighted by molar-refractivity contribution is -0.908. The number of aliphatic hydroxyl groups is 1. The van der Waals surface area contributed by atoms with Crippen LogP contribution >= 0.6 is 0 Å². The number of ether oxygens (including phenoxy) is 1. The molecule has 2 saturated carbocycles. The van der Waals surface area contributed by atoms with E-state index >= 15 is 0 Å².